The third-order valence-electron chi connectivity index (χ3n) is 3.12. The molecule has 24 heavy (non-hydrogen) atoms. The van der Waals surface area contributed by atoms with Gasteiger partial charge in [-0.2, -0.15) is 0 Å². The molecule has 6 nitrogen and oxygen atoms in total. The van der Waals surface area contributed by atoms with E-state index in [1.165, 1.54) is 0 Å². The van der Waals surface area contributed by atoms with Crippen molar-refractivity contribution in [1.29, 1.82) is 0 Å². The van der Waals surface area contributed by atoms with Crippen LogP contribution in [0, 0.1) is 0 Å². The van der Waals surface area contributed by atoms with E-state index in [1.54, 1.807) is 29.2 Å². The zero-order valence-corrected chi connectivity index (χ0v) is 15.6. The smallest absolute Gasteiger partial charge is 0.410 e. The minimum atomic E-state index is -0.531. The van der Waals surface area contributed by atoms with Gasteiger partial charge in [-0.3, -0.25) is 0 Å². The molecular formula is C18H29N3O3. The molecule has 0 spiro atoms. The monoisotopic (exact) mass is 335 g/mol. The van der Waals surface area contributed by atoms with Gasteiger partial charge in [0.15, 0.2) is 0 Å². The van der Waals surface area contributed by atoms with Crippen molar-refractivity contribution in [1.82, 2.24) is 10.2 Å². The van der Waals surface area contributed by atoms with E-state index >= 15 is 0 Å². The molecule has 0 saturated carbocycles. The molecule has 0 unspecified atom stereocenters. The zero-order valence-electron chi connectivity index (χ0n) is 15.6. The van der Waals surface area contributed by atoms with Crippen molar-refractivity contribution in [3.8, 4) is 5.75 Å². The fourth-order valence-corrected chi connectivity index (χ4v) is 2.33. The highest BCUT2D eigenvalue weighted by Crippen LogP contribution is 2.19. The number of hydrogen-bond acceptors (Lipinski definition) is 3. The third-order valence-corrected chi connectivity index (χ3v) is 3.12. The number of carbonyl (C=O) groups excluding carboxylic acids is 2. The van der Waals surface area contributed by atoms with Crippen molar-refractivity contribution in [3.05, 3.63) is 24.3 Å². The highest BCUT2D eigenvalue weighted by atomic mass is 16.6. The van der Waals surface area contributed by atoms with Crippen LogP contribution in [0.5, 0.6) is 5.75 Å². The first kappa shape index (κ1) is 19.8. The van der Waals surface area contributed by atoms with E-state index in [4.69, 9.17) is 4.74 Å². The zero-order chi connectivity index (χ0) is 18.5. The van der Waals surface area contributed by atoms with E-state index in [0.717, 1.165) is 0 Å². The summed E-state index contributed by atoms with van der Waals surface area (Å²) in [5.74, 6) is 0.371. The van der Waals surface area contributed by atoms with Crippen molar-refractivity contribution in [2.75, 3.05) is 5.32 Å². The Morgan fingerprint density at radius 1 is 1.08 bits per heavy atom. The second kappa shape index (κ2) is 8.04. The summed E-state index contributed by atoms with van der Waals surface area (Å²) < 4.78 is 5.25. The number of benzene rings is 1. The Balaban J connectivity index is 2.78. The lowest BCUT2D eigenvalue weighted by molar-refractivity contribution is 0.178. The molecule has 0 aliphatic rings. The Labute approximate surface area is 144 Å². The Morgan fingerprint density at radius 2 is 1.67 bits per heavy atom. The first-order valence-electron chi connectivity index (χ1n) is 8.19. The molecule has 0 saturated heterocycles. The van der Waals surface area contributed by atoms with Gasteiger partial charge >= 0.3 is 12.1 Å². The highest BCUT2D eigenvalue weighted by molar-refractivity contribution is 5.90. The van der Waals surface area contributed by atoms with Gasteiger partial charge in [-0.15, -0.1) is 0 Å². The van der Waals surface area contributed by atoms with Gasteiger partial charge in [0.05, 0.1) is 0 Å². The minimum Gasteiger partial charge on any atom is -0.410 e. The lowest BCUT2D eigenvalue weighted by Crippen LogP contribution is -2.44. The number of nitrogens with zero attached hydrogens (tertiary/aromatic N) is 1. The van der Waals surface area contributed by atoms with E-state index in [2.05, 4.69) is 10.6 Å². The molecule has 2 N–H and O–H groups in total. The molecule has 1 rings (SSSR count). The third kappa shape index (κ3) is 6.48. The fourth-order valence-electron chi connectivity index (χ4n) is 2.33. The van der Waals surface area contributed by atoms with Crippen LogP contribution in [0.3, 0.4) is 0 Å². The molecule has 0 atom stereocenters. The van der Waals surface area contributed by atoms with Crippen molar-refractivity contribution >= 4 is 17.8 Å². The average Bonchev–Trinajstić information content (AvgIpc) is 2.35. The van der Waals surface area contributed by atoms with Gasteiger partial charge in [-0.05, 0) is 60.6 Å². The molecule has 1 aromatic rings. The molecule has 3 amide bonds. The van der Waals surface area contributed by atoms with Crippen LogP contribution in [0.4, 0.5) is 15.3 Å². The predicted molar refractivity (Wildman–Crippen MR) is 96.5 cm³/mol. The second-order valence-electron chi connectivity index (χ2n) is 7.32. The Kier molecular flexibility index (Phi) is 6.63. The van der Waals surface area contributed by atoms with Gasteiger partial charge < -0.3 is 20.3 Å². The molecule has 0 aliphatic heterocycles. The van der Waals surface area contributed by atoms with Gasteiger partial charge in [-0.1, -0.05) is 6.07 Å². The van der Waals surface area contributed by atoms with E-state index in [9.17, 15) is 9.59 Å². The molecule has 0 aromatic heterocycles. The van der Waals surface area contributed by atoms with Crippen LogP contribution in [-0.2, 0) is 0 Å². The van der Waals surface area contributed by atoms with Crippen LogP contribution in [0.25, 0.3) is 0 Å². The molecule has 0 bridgehead atoms. The first-order valence-corrected chi connectivity index (χ1v) is 8.19. The normalized spacial score (nSPS) is 11.4. The predicted octanol–water partition coefficient (Wildman–Crippen LogP) is 4.22. The SMILES string of the molecule is CC(C)N(C(=O)Nc1cccc(OC(=O)NC(C)(C)C)c1)C(C)C. The Hall–Kier alpha value is -2.24. The quantitative estimate of drug-likeness (QED) is 0.865. The Morgan fingerprint density at radius 3 is 2.17 bits per heavy atom. The molecular weight excluding hydrogens is 306 g/mol. The van der Waals surface area contributed by atoms with Crippen LogP contribution in [0.1, 0.15) is 48.5 Å². The largest absolute Gasteiger partial charge is 0.413 e. The van der Waals surface area contributed by atoms with Crippen molar-refractivity contribution in [2.24, 2.45) is 0 Å². The average molecular weight is 335 g/mol. The number of nitrogens with one attached hydrogen (secondary N) is 2. The van der Waals surface area contributed by atoms with Crippen molar-refractivity contribution in [2.45, 2.75) is 66.1 Å². The van der Waals surface area contributed by atoms with Gasteiger partial charge in [0.25, 0.3) is 0 Å². The summed E-state index contributed by atoms with van der Waals surface area (Å²) >= 11 is 0. The molecule has 134 valence electrons. The Bertz CT molecular complexity index is 569. The summed E-state index contributed by atoms with van der Waals surface area (Å²) in [6, 6.07) is 6.76. The standard InChI is InChI=1S/C18H29N3O3/c1-12(2)21(13(3)4)16(22)19-14-9-8-10-15(11-14)24-17(23)20-18(5,6)7/h8-13H,1-7H3,(H,19,22)(H,20,23). The number of urea groups is 1. The summed E-state index contributed by atoms with van der Waals surface area (Å²) in [4.78, 5) is 26.0. The van der Waals surface area contributed by atoms with E-state index in [0.29, 0.717) is 11.4 Å². The number of ether oxygens (including phenoxy) is 1. The maximum absolute atomic E-state index is 12.4. The van der Waals surface area contributed by atoms with Crippen LogP contribution in [0.15, 0.2) is 24.3 Å². The molecule has 0 radical (unpaired) electrons. The lowest BCUT2D eigenvalue weighted by Gasteiger charge is -2.30. The van der Waals surface area contributed by atoms with Crippen LogP contribution >= 0.6 is 0 Å². The molecule has 6 heteroatoms. The fraction of sp³-hybridized carbons (Fsp3) is 0.556. The van der Waals surface area contributed by atoms with E-state index in [-0.39, 0.29) is 23.7 Å². The van der Waals surface area contributed by atoms with Crippen molar-refractivity contribution in [3.63, 3.8) is 0 Å². The molecule has 0 heterocycles. The summed E-state index contributed by atoms with van der Waals surface area (Å²) in [5.41, 5.74) is 0.199. The second-order valence-corrected chi connectivity index (χ2v) is 7.32. The van der Waals surface area contributed by atoms with E-state index in [1.807, 2.05) is 48.5 Å². The van der Waals surface area contributed by atoms with Crippen molar-refractivity contribution < 1.29 is 14.3 Å². The van der Waals surface area contributed by atoms with Gasteiger partial charge in [-0.25, -0.2) is 9.59 Å². The number of carbonyl (C=O) groups is 2. The van der Waals surface area contributed by atoms with Crippen LogP contribution < -0.4 is 15.4 Å². The molecule has 0 fully saturated rings. The summed E-state index contributed by atoms with van der Waals surface area (Å²) in [5, 5.41) is 5.56. The summed E-state index contributed by atoms with van der Waals surface area (Å²) in [6.07, 6.45) is -0.531. The summed E-state index contributed by atoms with van der Waals surface area (Å²) in [6.45, 7) is 13.5. The molecule has 1 aromatic carbocycles. The minimum absolute atomic E-state index is 0.0852. The first-order chi connectivity index (χ1) is 11.0. The van der Waals surface area contributed by atoms with Gasteiger partial charge in [0.1, 0.15) is 5.75 Å². The number of hydrogen-bond donors (Lipinski definition) is 2. The lowest BCUT2D eigenvalue weighted by atomic mass is 10.1. The van der Waals surface area contributed by atoms with Gasteiger partial charge in [0.2, 0.25) is 0 Å². The van der Waals surface area contributed by atoms with Crippen LogP contribution in [0.2, 0.25) is 0 Å². The maximum Gasteiger partial charge on any atom is 0.413 e. The van der Waals surface area contributed by atoms with Crippen LogP contribution in [-0.4, -0.2) is 34.6 Å². The number of anilines is 1. The summed E-state index contributed by atoms with van der Waals surface area (Å²) in [7, 11) is 0. The molecule has 0 aliphatic carbocycles. The van der Waals surface area contributed by atoms with Gasteiger partial charge in [0, 0.05) is 29.4 Å². The highest BCUT2D eigenvalue weighted by Gasteiger charge is 2.20. The number of rotatable bonds is 4. The maximum atomic E-state index is 12.4. The number of amides is 3. The van der Waals surface area contributed by atoms with E-state index < -0.39 is 6.09 Å². The topological polar surface area (TPSA) is 70.7 Å².